The second-order valence-corrected chi connectivity index (χ2v) is 7.59. The summed E-state index contributed by atoms with van der Waals surface area (Å²) in [4.78, 5) is 4.42. The number of hydrogen-bond donors (Lipinski definition) is 2. The Hall–Kier alpha value is -2.93. The maximum absolute atomic E-state index is 12.9. The van der Waals surface area contributed by atoms with Gasteiger partial charge in [-0.25, -0.2) is 17.8 Å². The van der Waals surface area contributed by atoms with E-state index in [1.165, 1.54) is 18.3 Å². The summed E-state index contributed by atoms with van der Waals surface area (Å²) in [6, 6.07) is 14.4. The molecule has 3 aromatic rings. The first-order valence-corrected chi connectivity index (χ1v) is 9.40. The van der Waals surface area contributed by atoms with Crippen molar-refractivity contribution in [3.8, 4) is 0 Å². The van der Waals surface area contributed by atoms with Gasteiger partial charge in [-0.2, -0.15) is 0 Å². The second-order valence-electron chi connectivity index (χ2n) is 5.94. The van der Waals surface area contributed by atoms with Crippen LogP contribution in [0.1, 0.15) is 11.1 Å². The van der Waals surface area contributed by atoms with Crippen LogP contribution in [0.2, 0.25) is 0 Å². The summed E-state index contributed by atoms with van der Waals surface area (Å²) in [6.45, 7) is 3.60. The highest BCUT2D eigenvalue weighted by atomic mass is 32.2. The average Bonchev–Trinajstić information content (AvgIpc) is 2.60. The minimum absolute atomic E-state index is 0.242. The summed E-state index contributed by atoms with van der Waals surface area (Å²) >= 11 is 0. The largest absolute Gasteiger partial charge is 0.340 e. The molecule has 0 atom stereocenters. The maximum Gasteiger partial charge on any atom is 0.262 e. The quantitative estimate of drug-likeness (QED) is 0.698. The fourth-order valence-corrected chi connectivity index (χ4v) is 3.79. The van der Waals surface area contributed by atoms with E-state index < -0.39 is 10.0 Å². The van der Waals surface area contributed by atoms with Crippen molar-refractivity contribution in [3.63, 3.8) is 0 Å². The first-order chi connectivity index (χ1) is 12.3. The Labute approximate surface area is 152 Å². The molecule has 0 radical (unpaired) electrons. The number of hydrogen-bond acceptors (Lipinski definition) is 4. The summed E-state index contributed by atoms with van der Waals surface area (Å²) in [6.07, 6.45) is 1.43. The molecule has 2 N–H and O–H groups in total. The Morgan fingerprint density at radius 1 is 0.923 bits per heavy atom. The van der Waals surface area contributed by atoms with Crippen molar-refractivity contribution >= 4 is 27.2 Å². The zero-order valence-corrected chi connectivity index (χ0v) is 15.1. The number of rotatable bonds is 5. The van der Waals surface area contributed by atoms with Crippen LogP contribution in [0.4, 0.5) is 21.6 Å². The van der Waals surface area contributed by atoms with Gasteiger partial charge in [0.05, 0.1) is 16.8 Å². The average molecular weight is 371 g/mol. The van der Waals surface area contributed by atoms with Crippen molar-refractivity contribution in [2.75, 3.05) is 10.0 Å². The molecule has 0 fully saturated rings. The van der Waals surface area contributed by atoms with Gasteiger partial charge in [0.1, 0.15) is 11.6 Å². The molecule has 0 aliphatic heterocycles. The van der Waals surface area contributed by atoms with Gasteiger partial charge in [-0.15, -0.1) is 0 Å². The molecule has 0 bridgehead atoms. The lowest BCUT2D eigenvalue weighted by Crippen LogP contribution is -2.14. The number of benzene rings is 2. The van der Waals surface area contributed by atoms with E-state index in [2.05, 4.69) is 15.0 Å². The monoisotopic (exact) mass is 371 g/mol. The van der Waals surface area contributed by atoms with E-state index in [-0.39, 0.29) is 10.7 Å². The minimum Gasteiger partial charge on any atom is -0.340 e. The minimum atomic E-state index is -3.70. The smallest absolute Gasteiger partial charge is 0.262 e. The van der Waals surface area contributed by atoms with E-state index in [1.54, 1.807) is 43.3 Å². The molecule has 0 saturated carbocycles. The van der Waals surface area contributed by atoms with Crippen LogP contribution < -0.4 is 10.0 Å². The molecule has 134 valence electrons. The first kappa shape index (κ1) is 17.9. The molecule has 1 aromatic heterocycles. The normalized spacial score (nSPS) is 11.2. The predicted octanol–water partition coefficient (Wildman–Crippen LogP) is 4.38. The molecule has 0 saturated heterocycles. The van der Waals surface area contributed by atoms with Crippen molar-refractivity contribution in [1.29, 1.82) is 0 Å². The third-order valence-corrected chi connectivity index (χ3v) is 5.29. The molecule has 0 aliphatic carbocycles. The molecule has 7 heteroatoms. The van der Waals surface area contributed by atoms with Crippen LogP contribution in [0.3, 0.4) is 0 Å². The van der Waals surface area contributed by atoms with Gasteiger partial charge in [-0.1, -0.05) is 12.1 Å². The van der Waals surface area contributed by atoms with Gasteiger partial charge in [-0.05, 0) is 67.4 Å². The lowest BCUT2D eigenvalue weighted by molar-refractivity contribution is 0.600. The van der Waals surface area contributed by atoms with Crippen molar-refractivity contribution in [2.24, 2.45) is 0 Å². The summed E-state index contributed by atoms with van der Waals surface area (Å²) in [7, 11) is -3.70. The molecule has 0 unspecified atom stereocenters. The van der Waals surface area contributed by atoms with Crippen molar-refractivity contribution in [1.82, 2.24) is 4.98 Å². The summed E-state index contributed by atoms with van der Waals surface area (Å²) in [5, 5.41) is 3.01. The van der Waals surface area contributed by atoms with Crippen molar-refractivity contribution < 1.29 is 12.8 Å². The van der Waals surface area contributed by atoms with E-state index in [9.17, 15) is 12.8 Å². The number of pyridine rings is 1. The molecule has 0 amide bonds. The molecular weight excluding hydrogens is 353 g/mol. The van der Waals surface area contributed by atoms with E-state index in [4.69, 9.17) is 0 Å². The van der Waals surface area contributed by atoms with Crippen LogP contribution in [-0.4, -0.2) is 13.4 Å². The van der Waals surface area contributed by atoms with Crippen LogP contribution in [0, 0.1) is 19.7 Å². The summed E-state index contributed by atoms with van der Waals surface area (Å²) < 4.78 is 40.6. The van der Waals surface area contributed by atoms with Gasteiger partial charge in [-0.3, -0.25) is 4.72 Å². The van der Waals surface area contributed by atoms with Gasteiger partial charge in [0, 0.05) is 5.69 Å². The van der Waals surface area contributed by atoms with Gasteiger partial charge in [0.2, 0.25) is 0 Å². The molecule has 0 aliphatic rings. The highest BCUT2D eigenvalue weighted by Gasteiger charge is 2.17. The van der Waals surface area contributed by atoms with Crippen LogP contribution in [-0.2, 0) is 10.0 Å². The molecule has 26 heavy (non-hydrogen) atoms. The third kappa shape index (κ3) is 4.18. The third-order valence-electron chi connectivity index (χ3n) is 3.77. The molecule has 2 aromatic carbocycles. The second kappa shape index (κ2) is 7.13. The zero-order valence-electron chi connectivity index (χ0n) is 14.3. The SMILES string of the molecule is Cc1ccc(C)c(S(=O)(=O)Nc2ccc(Nc3ccc(F)cc3)nc2)c1. The molecule has 1 heterocycles. The van der Waals surface area contributed by atoms with Crippen LogP contribution in [0.25, 0.3) is 0 Å². The van der Waals surface area contributed by atoms with Crippen molar-refractivity contribution in [3.05, 3.63) is 77.7 Å². The first-order valence-electron chi connectivity index (χ1n) is 7.92. The Balaban J connectivity index is 1.76. The number of anilines is 3. The lowest BCUT2D eigenvalue weighted by Gasteiger charge is -2.11. The highest BCUT2D eigenvalue weighted by Crippen LogP contribution is 2.22. The topological polar surface area (TPSA) is 71.1 Å². The van der Waals surface area contributed by atoms with Crippen LogP contribution >= 0.6 is 0 Å². The van der Waals surface area contributed by atoms with Crippen LogP contribution in [0.5, 0.6) is 0 Å². The molecule has 3 rings (SSSR count). The van der Waals surface area contributed by atoms with Gasteiger partial charge in [0.25, 0.3) is 10.0 Å². The van der Waals surface area contributed by atoms with Gasteiger partial charge in [0.15, 0.2) is 0 Å². The highest BCUT2D eigenvalue weighted by molar-refractivity contribution is 7.92. The lowest BCUT2D eigenvalue weighted by atomic mass is 10.2. The summed E-state index contributed by atoms with van der Waals surface area (Å²) in [5.74, 6) is 0.200. The maximum atomic E-state index is 12.9. The number of aryl methyl sites for hydroxylation is 2. The molecular formula is C19H18FN3O2S. The van der Waals surface area contributed by atoms with E-state index in [0.29, 0.717) is 22.8 Å². The predicted molar refractivity (Wildman–Crippen MR) is 101 cm³/mol. The molecule has 0 spiro atoms. The van der Waals surface area contributed by atoms with Gasteiger partial charge < -0.3 is 5.32 Å². The number of nitrogens with one attached hydrogen (secondary N) is 2. The van der Waals surface area contributed by atoms with E-state index in [0.717, 1.165) is 5.56 Å². The number of halogens is 1. The zero-order chi connectivity index (χ0) is 18.7. The Morgan fingerprint density at radius 3 is 2.27 bits per heavy atom. The molecule has 5 nitrogen and oxygen atoms in total. The standard InChI is InChI=1S/C19H18FN3O2S/c1-13-3-4-14(2)18(11-13)26(24,25)23-17-9-10-19(21-12-17)22-16-7-5-15(20)6-8-16/h3-12,23H,1-2H3,(H,21,22). The number of aromatic nitrogens is 1. The number of sulfonamides is 1. The van der Waals surface area contributed by atoms with E-state index >= 15 is 0 Å². The Morgan fingerprint density at radius 2 is 1.62 bits per heavy atom. The van der Waals surface area contributed by atoms with Crippen LogP contribution in [0.15, 0.2) is 65.7 Å². The Bertz CT molecular complexity index is 1020. The fraction of sp³-hybridized carbons (Fsp3) is 0.105. The fourth-order valence-electron chi connectivity index (χ4n) is 2.42. The summed E-state index contributed by atoms with van der Waals surface area (Å²) in [5.41, 5.74) is 2.58. The van der Waals surface area contributed by atoms with E-state index in [1.807, 2.05) is 13.0 Å². The van der Waals surface area contributed by atoms with Gasteiger partial charge >= 0.3 is 0 Å². The van der Waals surface area contributed by atoms with Crippen molar-refractivity contribution in [2.45, 2.75) is 18.7 Å². The Kier molecular flexibility index (Phi) is 4.90. The number of nitrogens with zero attached hydrogens (tertiary/aromatic N) is 1.